The maximum atomic E-state index is 12.3. The Labute approximate surface area is 150 Å². The Kier molecular flexibility index (Phi) is 6.56. The molecule has 0 saturated carbocycles. The van der Waals surface area contributed by atoms with Crippen LogP contribution < -0.4 is 4.90 Å². The summed E-state index contributed by atoms with van der Waals surface area (Å²) in [7, 11) is 5.34. The minimum atomic E-state index is -0.756. The summed E-state index contributed by atoms with van der Waals surface area (Å²) < 4.78 is 25.3. The molecule has 26 heavy (non-hydrogen) atoms. The number of nitrogens with zero attached hydrogens (tertiary/aromatic N) is 1. The maximum absolute atomic E-state index is 12.3. The van der Waals surface area contributed by atoms with E-state index in [1.165, 1.54) is 39.4 Å². The van der Waals surface area contributed by atoms with Gasteiger partial charge in [0.15, 0.2) is 6.29 Å². The van der Waals surface area contributed by atoms with Gasteiger partial charge in [-0.2, -0.15) is 0 Å². The highest BCUT2D eigenvalue weighted by Crippen LogP contribution is 2.36. The third kappa shape index (κ3) is 3.79. The molecule has 0 spiro atoms. The van der Waals surface area contributed by atoms with Gasteiger partial charge in [0.25, 0.3) is 0 Å². The van der Waals surface area contributed by atoms with Gasteiger partial charge in [-0.05, 0) is 12.1 Å². The summed E-state index contributed by atoms with van der Waals surface area (Å²) in [6.07, 6.45) is -0.675. The smallest absolute Gasteiger partial charge is 0.355 e. The van der Waals surface area contributed by atoms with Crippen LogP contribution in [-0.4, -0.2) is 58.8 Å². The number of aromatic hydroxyl groups is 1. The van der Waals surface area contributed by atoms with Crippen molar-refractivity contribution in [3.05, 3.63) is 35.0 Å². The summed E-state index contributed by atoms with van der Waals surface area (Å²) in [6, 6.07) is 4.61. The molecule has 0 amide bonds. The van der Waals surface area contributed by atoms with Gasteiger partial charge in [-0.15, -0.1) is 0 Å². The molecule has 9 heteroatoms. The second-order valence-electron chi connectivity index (χ2n) is 5.27. The predicted octanol–water partition coefficient (Wildman–Crippen LogP) is 1.08. The molecule has 1 N–H and O–H groups in total. The highest BCUT2D eigenvalue weighted by atomic mass is 16.7. The summed E-state index contributed by atoms with van der Waals surface area (Å²) in [5.41, 5.74) is 0.746. The Balaban J connectivity index is 2.59. The lowest BCUT2D eigenvalue weighted by Crippen LogP contribution is -2.38. The summed E-state index contributed by atoms with van der Waals surface area (Å²) in [6.45, 7) is -0.195. The fourth-order valence-electron chi connectivity index (χ4n) is 2.61. The van der Waals surface area contributed by atoms with E-state index in [9.17, 15) is 14.7 Å². The fourth-order valence-corrected chi connectivity index (χ4v) is 2.61. The summed E-state index contributed by atoms with van der Waals surface area (Å²) in [5, 5.41) is 10.3. The number of carbonyl (C=O) groups excluding carboxylic acids is 2. The molecule has 9 nitrogen and oxygen atoms in total. The second-order valence-corrected chi connectivity index (χ2v) is 5.27. The van der Waals surface area contributed by atoms with Crippen molar-refractivity contribution in [2.24, 2.45) is 0 Å². The van der Waals surface area contributed by atoms with Crippen LogP contribution in [0.25, 0.3) is 0 Å². The van der Waals surface area contributed by atoms with E-state index in [4.69, 9.17) is 23.7 Å². The van der Waals surface area contributed by atoms with E-state index in [1.54, 1.807) is 12.1 Å². The van der Waals surface area contributed by atoms with Crippen molar-refractivity contribution in [1.82, 2.24) is 0 Å². The van der Waals surface area contributed by atoms with Crippen LogP contribution in [0.1, 0.15) is 11.9 Å². The number of carbonyl (C=O) groups is 2. The zero-order valence-electron chi connectivity index (χ0n) is 15.0. The van der Waals surface area contributed by atoms with E-state index in [2.05, 4.69) is 0 Å². The fraction of sp³-hybridized carbons (Fsp3) is 0.412. The number of rotatable bonds is 6. The van der Waals surface area contributed by atoms with Crippen molar-refractivity contribution in [3.8, 4) is 5.75 Å². The molecule has 2 rings (SSSR count). The Morgan fingerprint density at radius 3 is 2.35 bits per heavy atom. The molecule has 0 fully saturated rings. The first-order chi connectivity index (χ1) is 12.5. The van der Waals surface area contributed by atoms with Crippen molar-refractivity contribution >= 4 is 17.6 Å². The van der Waals surface area contributed by atoms with Crippen LogP contribution in [0.2, 0.25) is 0 Å². The van der Waals surface area contributed by atoms with E-state index < -0.39 is 18.2 Å². The van der Waals surface area contributed by atoms with Gasteiger partial charge in [0.05, 0.1) is 32.1 Å². The number of phenolic OH excluding ortho intramolecular Hbond substituents is 1. The van der Waals surface area contributed by atoms with Gasteiger partial charge in [0.2, 0.25) is 0 Å². The topological polar surface area (TPSA) is 104 Å². The first-order valence-corrected chi connectivity index (χ1v) is 7.62. The van der Waals surface area contributed by atoms with Crippen molar-refractivity contribution in [3.63, 3.8) is 0 Å². The molecular weight excluding hydrogens is 346 g/mol. The summed E-state index contributed by atoms with van der Waals surface area (Å²) >= 11 is 0. The highest BCUT2D eigenvalue weighted by molar-refractivity contribution is 6.03. The van der Waals surface area contributed by atoms with E-state index in [0.717, 1.165) is 0 Å². The SMILES string of the molecule is COC(=O)C1=C(C(=O)OC)N(c2cc(C(OC)OC)ccc2O)COC1. The Morgan fingerprint density at radius 2 is 1.77 bits per heavy atom. The van der Waals surface area contributed by atoms with Gasteiger partial charge in [0.1, 0.15) is 18.2 Å². The first-order valence-electron chi connectivity index (χ1n) is 7.62. The monoisotopic (exact) mass is 367 g/mol. The van der Waals surface area contributed by atoms with Crippen LogP contribution in [0, 0.1) is 0 Å². The second kappa shape index (κ2) is 8.65. The van der Waals surface area contributed by atoms with Crippen LogP contribution >= 0.6 is 0 Å². The largest absolute Gasteiger partial charge is 0.506 e. The Bertz CT molecular complexity index is 711. The molecule has 142 valence electrons. The molecule has 1 aliphatic heterocycles. The van der Waals surface area contributed by atoms with Crippen LogP contribution in [0.15, 0.2) is 29.5 Å². The minimum Gasteiger partial charge on any atom is -0.506 e. The van der Waals surface area contributed by atoms with Crippen molar-refractivity contribution in [2.75, 3.05) is 46.7 Å². The predicted molar refractivity (Wildman–Crippen MR) is 89.2 cm³/mol. The van der Waals surface area contributed by atoms with Crippen molar-refractivity contribution in [2.45, 2.75) is 6.29 Å². The number of ether oxygens (including phenoxy) is 5. The maximum Gasteiger partial charge on any atom is 0.355 e. The van der Waals surface area contributed by atoms with E-state index >= 15 is 0 Å². The van der Waals surface area contributed by atoms with Crippen molar-refractivity contribution < 1.29 is 38.4 Å². The van der Waals surface area contributed by atoms with Crippen LogP contribution in [-0.2, 0) is 33.3 Å². The first kappa shape index (κ1) is 19.7. The van der Waals surface area contributed by atoms with Gasteiger partial charge >= 0.3 is 11.9 Å². The molecule has 0 atom stereocenters. The third-order valence-corrected chi connectivity index (χ3v) is 3.82. The lowest BCUT2D eigenvalue weighted by Gasteiger charge is -2.32. The summed E-state index contributed by atoms with van der Waals surface area (Å²) in [5.74, 6) is -1.61. The molecule has 1 aromatic carbocycles. The average Bonchev–Trinajstić information content (AvgIpc) is 2.68. The number of hydrogen-bond donors (Lipinski definition) is 1. The van der Waals surface area contributed by atoms with Gasteiger partial charge in [0, 0.05) is 19.8 Å². The molecule has 1 heterocycles. The van der Waals surface area contributed by atoms with E-state index in [-0.39, 0.29) is 36.0 Å². The molecule has 0 radical (unpaired) electrons. The molecule has 0 bridgehead atoms. The zero-order chi connectivity index (χ0) is 19.3. The van der Waals surface area contributed by atoms with Crippen LogP contribution in [0.3, 0.4) is 0 Å². The quantitative estimate of drug-likeness (QED) is 0.584. The molecule has 1 aromatic rings. The number of phenols is 1. The van der Waals surface area contributed by atoms with E-state index in [1.807, 2.05) is 0 Å². The highest BCUT2D eigenvalue weighted by Gasteiger charge is 2.33. The number of methoxy groups -OCH3 is 4. The minimum absolute atomic E-state index is 0.00886. The molecule has 0 aromatic heterocycles. The Morgan fingerprint density at radius 1 is 1.12 bits per heavy atom. The van der Waals surface area contributed by atoms with Crippen LogP contribution in [0.5, 0.6) is 5.75 Å². The molecule has 0 unspecified atom stereocenters. The molecule has 0 saturated heterocycles. The Hall–Kier alpha value is -2.62. The van der Waals surface area contributed by atoms with Gasteiger partial charge in [-0.1, -0.05) is 6.07 Å². The van der Waals surface area contributed by atoms with Gasteiger partial charge < -0.3 is 33.7 Å². The van der Waals surface area contributed by atoms with Crippen LogP contribution in [0.4, 0.5) is 5.69 Å². The summed E-state index contributed by atoms with van der Waals surface area (Å²) in [4.78, 5) is 25.7. The zero-order valence-corrected chi connectivity index (χ0v) is 15.0. The van der Waals surface area contributed by atoms with E-state index in [0.29, 0.717) is 5.56 Å². The number of anilines is 1. The third-order valence-electron chi connectivity index (χ3n) is 3.82. The lowest BCUT2D eigenvalue weighted by atomic mass is 10.1. The van der Waals surface area contributed by atoms with Gasteiger partial charge in [-0.25, -0.2) is 9.59 Å². The number of esters is 2. The molecule has 1 aliphatic rings. The molecule has 0 aliphatic carbocycles. The number of benzene rings is 1. The average molecular weight is 367 g/mol. The number of hydrogen-bond acceptors (Lipinski definition) is 9. The normalized spacial score (nSPS) is 14.6. The lowest BCUT2D eigenvalue weighted by molar-refractivity contribution is -0.140. The standard InChI is InChI=1S/C17H21NO8/c1-22-15(20)11-8-26-9-18(14(11)16(21)23-2)12-7-10(5-6-13(12)19)17(24-3)25-4/h5-7,17,19H,8-9H2,1-4H3. The van der Waals surface area contributed by atoms with Gasteiger partial charge in [-0.3, -0.25) is 0 Å². The van der Waals surface area contributed by atoms with Crippen molar-refractivity contribution in [1.29, 1.82) is 0 Å². The molecular formula is C17H21NO8.